The Morgan fingerprint density at radius 1 is 1.41 bits per heavy atom. The highest BCUT2D eigenvalue weighted by atomic mass is 16.2. The van der Waals surface area contributed by atoms with Crippen LogP contribution in [0.1, 0.15) is 37.8 Å². The molecule has 0 aromatic carbocycles. The van der Waals surface area contributed by atoms with Gasteiger partial charge in [0.15, 0.2) is 0 Å². The number of carbonyl (C=O) groups excluding carboxylic acids is 1. The molecule has 1 unspecified atom stereocenters. The Hall–Kier alpha value is -1.38. The molecule has 0 bridgehead atoms. The fraction of sp³-hybridized carbons (Fsp3) is 0.571. The number of hydrogen-bond donors (Lipinski definition) is 1. The van der Waals surface area contributed by atoms with Gasteiger partial charge in [0.2, 0.25) is 5.91 Å². The van der Waals surface area contributed by atoms with Crippen LogP contribution >= 0.6 is 0 Å². The molecule has 3 heteroatoms. The van der Waals surface area contributed by atoms with Crippen molar-refractivity contribution in [2.75, 3.05) is 5.32 Å². The standard InChI is InChI=1S/C14H18N2O/c1-10-4-5-11(9-15-10)16-13(17)12-8-14(12)6-2-3-7-14/h4-5,9,12H,2-3,6-8H2,1H3,(H,16,17). The van der Waals surface area contributed by atoms with Gasteiger partial charge in [-0.3, -0.25) is 9.78 Å². The number of pyridine rings is 1. The van der Waals surface area contributed by atoms with Gasteiger partial charge in [0, 0.05) is 11.6 Å². The van der Waals surface area contributed by atoms with E-state index >= 15 is 0 Å². The molecule has 2 aliphatic carbocycles. The number of carbonyl (C=O) groups is 1. The second-order valence-electron chi connectivity index (χ2n) is 5.50. The number of aryl methyl sites for hydroxylation is 1. The summed E-state index contributed by atoms with van der Waals surface area (Å²) in [6.45, 7) is 1.94. The van der Waals surface area contributed by atoms with Gasteiger partial charge in [0.1, 0.15) is 0 Å². The SMILES string of the molecule is Cc1ccc(NC(=O)C2CC23CCCC3)cn1. The lowest BCUT2D eigenvalue weighted by Crippen LogP contribution is -2.17. The molecular weight excluding hydrogens is 212 g/mol. The largest absolute Gasteiger partial charge is 0.324 e. The van der Waals surface area contributed by atoms with Gasteiger partial charge in [-0.05, 0) is 43.7 Å². The first kappa shape index (κ1) is 10.8. The van der Waals surface area contributed by atoms with E-state index in [1.165, 1.54) is 25.7 Å². The van der Waals surface area contributed by atoms with Gasteiger partial charge in [-0.1, -0.05) is 12.8 Å². The highest BCUT2D eigenvalue weighted by molar-refractivity contribution is 5.95. The van der Waals surface area contributed by atoms with Crippen molar-refractivity contribution in [3.63, 3.8) is 0 Å². The molecule has 1 amide bonds. The maximum Gasteiger partial charge on any atom is 0.228 e. The number of aromatic nitrogens is 1. The molecule has 2 fully saturated rings. The lowest BCUT2D eigenvalue weighted by atomic mass is 10.0. The predicted molar refractivity (Wildman–Crippen MR) is 66.6 cm³/mol. The lowest BCUT2D eigenvalue weighted by molar-refractivity contribution is -0.118. The Morgan fingerprint density at radius 3 is 2.82 bits per heavy atom. The third-order valence-electron chi connectivity index (χ3n) is 4.28. The molecule has 3 rings (SSSR count). The second kappa shape index (κ2) is 3.83. The minimum Gasteiger partial charge on any atom is -0.324 e. The molecule has 1 heterocycles. The molecule has 0 saturated heterocycles. The minimum atomic E-state index is 0.192. The van der Waals surface area contributed by atoms with Crippen LogP contribution in [0.5, 0.6) is 0 Å². The first-order chi connectivity index (χ1) is 8.20. The molecule has 90 valence electrons. The Labute approximate surface area is 102 Å². The number of hydrogen-bond acceptors (Lipinski definition) is 2. The van der Waals surface area contributed by atoms with E-state index in [0.29, 0.717) is 5.41 Å². The van der Waals surface area contributed by atoms with Crippen molar-refractivity contribution in [1.82, 2.24) is 4.98 Å². The van der Waals surface area contributed by atoms with Crippen LogP contribution in [0.4, 0.5) is 5.69 Å². The zero-order valence-corrected chi connectivity index (χ0v) is 10.2. The van der Waals surface area contributed by atoms with E-state index in [1.54, 1.807) is 6.20 Å². The molecule has 1 atom stereocenters. The van der Waals surface area contributed by atoms with Crippen LogP contribution in [-0.2, 0) is 4.79 Å². The fourth-order valence-corrected chi connectivity index (χ4v) is 3.12. The summed E-state index contributed by atoms with van der Waals surface area (Å²) >= 11 is 0. The van der Waals surface area contributed by atoms with Crippen LogP contribution in [0, 0.1) is 18.3 Å². The van der Waals surface area contributed by atoms with Crippen molar-refractivity contribution in [1.29, 1.82) is 0 Å². The number of anilines is 1. The quantitative estimate of drug-likeness (QED) is 0.848. The van der Waals surface area contributed by atoms with Gasteiger partial charge >= 0.3 is 0 Å². The number of amides is 1. The third-order valence-corrected chi connectivity index (χ3v) is 4.28. The van der Waals surface area contributed by atoms with Gasteiger partial charge in [-0.15, -0.1) is 0 Å². The van der Waals surface area contributed by atoms with Crippen molar-refractivity contribution in [3.8, 4) is 0 Å². The number of nitrogens with one attached hydrogen (secondary N) is 1. The van der Waals surface area contributed by atoms with Crippen molar-refractivity contribution < 1.29 is 4.79 Å². The first-order valence-electron chi connectivity index (χ1n) is 6.43. The van der Waals surface area contributed by atoms with Crippen LogP contribution in [-0.4, -0.2) is 10.9 Å². The molecule has 17 heavy (non-hydrogen) atoms. The normalized spacial score (nSPS) is 24.9. The van der Waals surface area contributed by atoms with Gasteiger partial charge in [0.25, 0.3) is 0 Å². The molecular formula is C14H18N2O. The predicted octanol–water partition coefficient (Wildman–Crippen LogP) is 2.91. The number of nitrogens with zero attached hydrogens (tertiary/aromatic N) is 1. The van der Waals surface area contributed by atoms with Crippen molar-refractivity contribution >= 4 is 11.6 Å². The van der Waals surface area contributed by atoms with Gasteiger partial charge in [-0.2, -0.15) is 0 Å². The zero-order chi connectivity index (χ0) is 11.9. The zero-order valence-electron chi connectivity index (χ0n) is 10.2. The highest BCUT2D eigenvalue weighted by Crippen LogP contribution is 2.62. The Kier molecular flexibility index (Phi) is 2.42. The molecule has 0 aliphatic heterocycles. The first-order valence-corrected chi connectivity index (χ1v) is 6.43. The molecule has 0 radical (unpaired) electrons. The molecule has 2 saturated carbocycles. The topological polar surface area (TPSA) is 42.0 Å². The Morgan fingerprint density at radius 2 is 2.18 bits per heavy atom. The molecule has 3 nitrogen and oxygen atoms in total. The van der Waals surface area contributed by atoms with Crippen molar-refractivity contribution in [2.24, 2.45) is 11.3 Å². The van der Waals surface area contributed by atoms with E-state index in [2.05, 4.69) is 10.3 Å². The fourth-order valence-electron chi connectivity index (χ4n) is 3.12. The minimum absolute atomic E-state index is 0.192. The number of rotatable bonds is 2. The third kappa shape index (κ3) is 1.94. The van der Waals surface area contributed by atoms with Crippen molar-refractivity contribution in [3.05, 3.63) is 24.0 Å². The molecule has 1 aromatic rings. The molecule has 1 aromatic heterocycles. The Bertz CT molecular complexity index is 432. The van der Waals surface area contributed by atoms with Gasteiger partial charge in [-0.25, -0.2) is 0 Å². The second-order valence-corrected chi connectivity index (χ2v) is 5.50. The summed E-state index contributed by atoms with van der Waals surface area (Å²) in [5.74, 6) is 0.448. The molecule has 2 aliphatic rings. The maximum atomic E-state index is 12.1. The summed E-state index contributed by atoms with van der Waals surface area (Å²) in [5, 5.41) is 2.98. The smallest absolute Gasteiger partial charge is 0.228 e. The summed E-state index contributed by atoms with van der Waals surface area (Å²) in [4.78, 5) is 16.3. The summed E-state index contributed by atoms with van der Waals surface area (Å²) in [5.41, 5.74) is 2.17. The van der Waals surface area contributed by atoms with Crippen molar-refractivity contribution in [2.45, 2.75) is 39.0 Å². The average molecular weight is 230 g/mol. The Balaban J connectivity index is 1.63. The molecule has 1 spiro atoms. The maximum absolute atomic E-state index is 12.1. The summed E-state index contributed by atoms with van der Waals surface area (Å²) < 4.78 is 0. The van der Waals surface area contributed by atoms with E-state index in [9.17, 15) is 4.79 Å². The van der Waals surface area contributed by atoms with E-state index in [4.69, 9.17) is 0 Å². The monoisotopic (exact) mass is 230 g/mol. The van der Waals surface area contributed by atoms with E-state index in [-0.39, 0.29) is 11.8 Å². The summed E-state index contributed by atoms with van der Waals surface area (Å²) in [7, 11) is 0. The summed E-state index contributed by atoms with van der Waals surface area (Å²) in [6.07, 6.45) is 7.93. The van der Waals surface area contributed by atoms with Crippen LogP contribution in [0.15, 0.2) is 18.3 Å². The molecule has 1 N–H and O–H groups in total. The highest BCUT2D eigenvalue weighted by Gasteiger charge is 2.58. The van der Waals surface area contributed by atoms with E-state index in [1.807, 2.05) is 19.1 Å². The lowest BCUT2D eigenvalue weighted by Gasteiger charge is -2.08. The van der Waals surface area contributed by atoms with Crippen LogP contribution in [0.3, 0.4) is 0 Å². The van der Waals surface area contributed by atoms with Crippen LogP contribution < -0.4 is 5.32 Å². The van der Waals surface area contributed by atoms with Gasteiger partial charge < -0.3 is 5.32 Å². The van der Waals surface area contributed by atoms with Crippen LogP contribution in [0.25, 0.3) is 0 Å². The summed E-state index contributed by atoms with van der Waals surface area (Å²) in [6, 6.07) is 3.85. The van der Waals surface area contributed by atoms with E-state index < -0.39 is 0 Å². The van der Waals surface area contributed by atoms with Gasteiger partial charge in [0.05, 0.1) is 11.9 Å². The average Bonchev–Trinajstić information content (AvgIpc) is 2.81. The van der Waals surface area contributed by atoms with E-state index in [0.717, 1.165) is 17.8 Å². The van der Waals surface area contributed by atoms with Crippen LogP contribution in [0.2, 0.25) is 0 Å².